The van der Waals surface area contributed by atoms with Gasteiger partial charge in [0.1, 0.15) is 17.2 Å². The van der Waals surface area contributed by atoms with Gasteiger partial charge in [0.15, 0.2) is 5.82 Å². The number of rotatable bonds is 2. The SMILES string of the molecule is CCc1c(C)nc(-c2c(C)oc3ccccc23)nc1N. The monoisotopic (exact) mass is 267 g/mol. The molecule has 2 heterocycles. The van der Waals surface area contributed by atoms with Crippen molar-refractivity contribution in [3.63, 3.8) is 0 Å². The molecule has 0 aliphatic carbocycles. The predicted molar refractivity (Wildman–Crippen MR) is 80.5 cm³/mol. The standard InChI is InChI=1S/C16H17N3O/c1-4-11-9(2)18-16(19-15(11)17)14-10(3)20-13-8-6-5-7-12(13)14/h5-8H,4H2,1-3H3,(H2,17,18,19). The van der Waals surface area contributed by atoms with E-state index in [0.29, 0.717) is 11.6 Å². The first-order chi connectivity index (χ1) is 9.61. The molecule has 4 heteroatoms. The Balaban J connectivity index is 2.28. The Kier molecular flexibility index (Phi) is 2.93. The Labute approximate surface area is 117 Å². The molecule has 0 unspecified atom stereocenters. The van der Waals surface area contributed by atoms with Gasteiger partial charge >= 0.3 is 0 Å². The summed E-state index contributed by atoms with van der Waals surface area (Å²) in [5.74, 6) is 2.01. The van der Waals surface area contributed by atoms with E-state index in [1.807, 2.05) is 38.1 Å². The summed E-state index contributed by atoms with van der Waals surface area (Å²) in [7, 11) is 0. The number of nitrogens with two attached hydrogens (primary N) is 1. The number of nitrogens with zero attached hydrogens (tertiary/aromatic N) is 2. The molecule has 0 amide bonds. The number of hydrogen-bond donors (Lipinski definition) is 1. The maximum absolute atomic E-state index is 6.05. The summed E-state index contributed by atoms with van der Waals surface area (Å²) in [6.07, 6.45) is 0.836. The number of fused-ring (bicyclic) bond motifs is 1. The summed E-state index contributed by atoms with van der Waals surface area (Å²) >= 11 is 0. The molecule has 0 spiro atoms. The first-order valence-corrected chi connectivity index (χ1v) is 6.73. The highest BCUT2D eigenvalue weighted by Crippen LogP contribution is 2.33. The van der Waals surface area contributed by atoms with Crippen LogP contribution < -0.4 is 5.73 Å². The smallest absolute Gasteiger partial charge is 0.165 e. The Morgan fingerprint density at radius 2 is 1.90 bits per heavy atom. The summed E-state index contributed by atoms with van der Waals surface area (Å²) in [4.78, 5) is 9.07. The average Bonchev–Trinajstić information content (AvgIpc) is 2.74. The summed E-state index contributed by atoms with van der Waals surface area (Å²) in [6.45, 7) is 5.95. The molecule has 0 radical (unpaired) electrons. The summed E-state index contributed by atoms with van der Waals surface area (Å²) < 4.78 is 5.77. The van der Waals surface area contributed by atoms with Crippen molar-refractivity contribution < 1.29 is 4.42 Å². The lowest BCUT2D eigenvalue weighted by molar-refractivity contribution is 0.579. The van der Waals surface area contributed by atoms with E-state index in [2.05, 4.69) is 16.9 Å². The van der Waals surface area contributed by atoms with E-state index in [9.17, 15) is 0 Å². The first kappa shape index (κ1) is 12.7. The van der Waals surface area contributed by atoms with Gasteiger partial charge in [-0.2, -0.15) is 0 Å². The molecule has 0 saturated heterocycles. The molecular formula is C16H17N3O. The van der Waals surface area contributed by atoms with Crippen LogP contribution in [0.15, 0.2) is 28.7 Å². The fourth-order valence-electron chi connectivity index (χ4n) is 2.61. The number of aromatic nitrogens is 2. The van der Waals surface area contributed by atoms with Gasteiger partial charge in [0.25, 0.3) is 0 Å². The van der Waals surface area contributed by atoms with Crippen LogP contribution in [0.1, 0.15) is 23.9 Å². The van der Waals surface area contributed by atoms with Crippen molar-refractivity contribution >= 4 is 16.8 Å². The second-order valence-corrected chi connectivity index (χ2v) is 4.88. The molecule has 2 N–H and O–H groups in total. The fraction of sp³-hybridized carbons (Fsp3) is 0.250. The predicted octanol–water partition coefficient (Wildman–Crippen LogP) is 3.65. The third-order valence-electron chi connectivity index (χ3n) is 3.59. The van der Waals surface area contributed by atoms with Crippen LogP contribution in [0.5, 0.6) is 0 Å². The van der Waals surface area contributed by atoms with Crippen molar-refractivity contribution in [2.24, 2.45) is 0 Å². The van der Waals surface area contributed by atoms with Crippen molar-refractivity contribution in [1.82, 2.24) is 9.97 Å². The van der Waals surface area contributed by atoms with Gasteiger partial charge in [-0.05, 0) is 26.3 Å². The minimum absolute atomic E-state index is 0.555. The average molecular weight is 267 g/mol. The van der Waals surface area contributed by atoms with E-state index in [1.54, 1.807) is 0 Å². The molecule has 20 heavy (non-hydrogen) atoms. The number of nitrogen functional groups attached to an aromatic ring is 1. The van der Waals surface area contributed by atoms with Gasteiger partial charge in [0.2, 0.25) is 0 Å². The number of para-hydroxylation sites is 1. The lowest BCUT2D eigenvalue weighted by Gasteiger charge is -2.08. The van der Waals surface area contributed by atoms with Gasteiger partial charge in [0, 0.05) is 16.6 Å². The van der Waals surface area contributed by atoms with Crippen molar-refractivity contribution in [3.05, 3.63) is 41.3 Å². The van der Waals surface area contributed by atoms with E-state index < -0.39 is 0 Å². The van der Waals surface area contributed by atoms with E-state index in [4.69, 9.17) is 10.2 Å². The van der Waals surface area contributed by atoms with Crippen LogP contribution in [0.3, 0.4) is 0 Å². The lowest BCUT2D eigenvalue weighted by atomic mass is 10.1. The molecule has 0 saturated carbocycles. The molecule has 0 bridgehead atoms. The zero-order valence-electron chi connectivity index (χ0n) is 11.9. The molecule has 1 aromatic carbocycles. The maximum Gasteiger partial charge on any atom is 0.165 e. The van der Waals surface area contributed by atoms with Crippen LogP contribution in [-0.2, 0) is 6.42 Å². The molecule has 2 aromatic heterocycles. The summed E-state index contributed by atoms with van der Waals surface area (Å²) in [5.41, 5.74) is 9.77. The van der Waals surface area contributed by atoms with Gasteiger partial charge in [-0.3, -0.25) is 0 Å². The Hall–Kier alpha value is -2.36. The van der Waals surface area contributed by atoms with E-state index in [1.165, 1.54) is 0 Å². The minimum atomic E-state index is 0.555. The third-order valence-corrected chi connectivity index (χ3v) is 3.59. The normalized spacial score (nSPS) is 11.2. The highest BCUT2D eigenvalue weighted by atomic mass is 16.3. The number of anilines is 1. The molecule has 3 aromatic rings. The van der Waals surface area contributed by atoms with Gasteiger partial charge in [-0.1, -0.05) is 25.1 Å². The summed E-state index contributed by atoms with van der Waals surface area (Å²) in [6, 6.07) is 7.90. The van der Waals surface area contributed by atoms with Crippen LogP contribution in [0.25, 0.3) is 22.4 Å². The minimum Gasteiger partial charge on any atom is -0.461 e. The lowest BCUT2D eigenvalue weighted by Crippen LogP contribution is -2.04. The van der Waals surface area contributed by atoms with Crippen LogP contribution in [0, 0.1) is 13.8 Å². The Morgan fingerprint density at radius 1 is 1.15 bits per heavy atom. The molecule has 0 aliphatic rings. The molecule has 4 nitrogen and oxygen atoms in total. The van der Waals surface area contributed by atoms with Crippen molar-refractivity contribution in [1.29, 1.82) is 0 Å². The van der Waals surface area contributed by atoms with Gasteiger partial charge in [-0.15, -0.1) is 0 Å². The Morgan fingerprint density at radius 3 is 2.60 bits per heavy atom. The van der Waals surface area contributed by atoms with Crippen LogP contribution >= 0.6 is 0 Å². The third kappa shape index (κ3) is 1.84. The number of hydrogen-bond acceptors (Lipinski definition) is 4. The molecule has 0 fully saturated rings. The van der Waals surface area contributed by atoms with E-state index in [-0.39, 0.29) is 0 Å². The van der Waals surface area contributed by atoms with Crippen molar-refractivity contribution in [2.75, 3.05) is 5.73 Å². The highest BCUT2D eigenvalue weighted by Gasteiger charge is 2.17. The van der Waals surface area contributed by atoms with Crippen LogP contribution in [-0.4, -0.2) is 9.97 Å². The second kappa shape index (κ2) is 4.63. The zero-order valence-corrected chi connectivity index (χ0v) is 11.9. The van der Waals surface area contributed by atoms with Gasteiger partial charge in [-0.25, -0.2) is 9.97 Å². The molecular weight excluding hydrogens is 250 g/mol. The largest absolute Gasteiger partial charge is 0.461 e. The first-order valence-electron chi connectivity index (χ1n) is 6.73. The van der Waals surface area contributed by atoms with E-state index >= 15 is 0 Å². The topological polar surface area (TPSA) is 64.9 Å². The number of aryl methyl sites for hydroxylation is 2. The fourth-order valence-corrected chi connectivity index (χ4v) is 2.61. The zero-order chi connectivity index (χ0) is 14.3. The second-order valence-electron chi connectivity index (χ2n) is 4.88. The summed E-state index contributed by atoms with van der Waals surface area (Å²) in [5, 5.41) is 1.02. The quantitative estimate of drug-likeness (QED) is 0.769. The Bertz CT molecular complexity index is 767. The molecule has 0 atom stereocenters. The maximum atomic E-state index is 6.05. The number of benzene rings is 1. The number of furan rings is 1. The highest BCUT2D eigenvalue weighted by molar-refractivity contribution is 5.93. The van der Waals surface area contributed by atoms with Crippen molar-refractivity contribution in [3.8, 4) is 11.4 Å². The molecule has 102 valence electrons. The van der Waals surface area contributed by atoms with Crippen LogP contribution in [0.2, 0.25) is 0 Å². The molecule has 0 aliphatic heterocycles. The molecule has 3 rings (SSSR count). The van der Waals surface area contributed by atoms with E-state index in [0.717, 1.165) is 40.0 Å². The van der Waals surface area contributed by atoms with Crippen LogP contribution in [0.4, 0.5) is 5.82 Å². The van der Waals surface area contributed by atoms with Gasteiger partial charge < -0.3 is 10.2 Å². The van der Waals surface area contributed by atoms with Crippen molar-refractivity contribution in [2.45, 2.75) is 27.2 Å². The van der Waals surface area contributed by atoms with Gasteiger partial charge in [0.05, 0.1) is 5.56 Å².